The monoisotopic (exact) mass is 293 g/mol. The first-order valence-corrected chi connectivity index (χ1v) is 6.97. The Kier molecular flexibility index (Phi) is 3.05. The summed E-state index contributed by atoms with van der Waals surface area (Å²) in [5.74, 6) is 0.934. The van der Waals surface area contributed by atoms with Gasteiger partial charge in [0, 0.05) is 10.2 Å². The Balaban J connectivity index is 1.68. The molecule has 0 radical (unpaired) electrons. The largest absolute Gasteiger partial charge is 0.351 e. The van der Waals surface area contributed by atoms with Crippen molar-refractivity contribution in [2.75, 3.05) is 5.32 Å². The van der Waals surface area contributed by atoms with Crippen molar-refractivity contribution in [3.8, 4) is 0 Å². The molecule has 0 amide bonds. The van der Waals surface area contributed by atoms with Crippen LogP contribution in [0.3, 0.4) is 0 Å². The molecule has 90 valence electrons. The molecule has 17 heavy (non-hydrogen) atoms. The van der Waals surface area contributed by atoms with Gasteiger partial charge in [-0.15, -0.1) is 0 Å². The Morgan fingerprint density at radius 3 is 2.71 bits per heavy atom. The molecular formula is C13H16BrN3. The molecule has 1 aliphatic heterocycles. The molecule has 1 aliphatic carbocycles. The zero-order valence-electron chi connectivity index (χ0n) is 9.62. The molecule has 1 saturated carbocycles. The molecule has 0 aromatic heterocycles. The van der Waals surface area contributed by atoms with E-state index >= 15 is 0 Å². The molecule has 1 heterocycles. The average molecular weight is 294 g/mol. The number of fused-ring (bicyclic) bond motifs is 1. The standard InChI is InChI=1S/C13H16BrN3/c14-9-5-7-10(8-6-9)15-13-16-11-3-1-2-4-12(11)17-13/h5-8,11-12H,1-4H2,(H2,15,16,17)/t11-,12-/m1/s1. The number of nitrogens with zero attached hydrogens (tertiary/aromatic N) is 1. The van der Waals surface area contributed by atoms with E-state index in [0.29, 0.717) is 12.1 Å². The van der Waals surface area contributed by atoms with Gasteiger partial charge in [0.2, 0.25) is 0 Å². The highest BCUT2D eigenvalue weighted by molar-refractivity contribution is 9.10. The molecule has 0 saturated heterocycles. The van der Waals surface area contributed by atoms with Crippen molar-refractivity contribution in [3.63, 3.8) is 0 Å². The fourth-order valence-corrected chi connectivity index (χ4v) is 2.82. The Bertz CT molecular complexity index is 427. The lowest BCUT2D eigenvalue weighted by atomic mass is 9.92. The minimum atomic E-state index is 0.488. The highest BCUT2D eigenvalue weighted by atomic mass is 79.9. The topological polar surface area (TPSA) is 36.4 Å². The van der Waals surface area contributed by atoms with Crippen LogP contribution >= 0.6 is 15.9 Å². The van der Waals surface area contributed by atoms with Crippen molar-refractivity contribution < 1.29 is 0 Å². The van der Waals surface area contributed by atoms with E-state index in [1.54, 1.807) is 0 Å². The maximum atomic E-state index is 4.71. The van der Waals surface area contributed by atoms with E-state index < -0.39 is 0 Å². The number of anilines is 1. The van der Waals surface area contributed by atoms with Crippen LogP contribution in [0, 0.1) is 0 Å². The Morgan fingerprint density at radius 1 is 1.18 bits per heavy atom. The van der Waals surface area contributed by atoms with Gasteiger partial charge >= 0.3 is 0 Å². The quantitative estimate of drug-likeness (QED) is 0.835. The van der Waals surface area contributed by atoms with Crippen molar-refractivity contribution in [3.05, 3.63) is 28.7 Å². The molecule has 2 atom stereocenters. The fraction of sp³-hybridized carbons (Fsp3) is 0.462. The van der Waals surface area contributed by atoms with E-state index in [-0.39, 0.29) is 0 Å². The summed E-state index contributed by atoms with van der Waals surface area (Å²) < 4.78 is 1.10. The number of hydrogen-bond acceptors (Lipinski definition) is 3. The van der Waals surface area contributed by atoms with Crippen LogP contribution in [0.15, 0.2) is 33.7 Å². The van der Waals surface area contributed by atoms with Gasteiger partial charge in [0.15, 0.2) is 5.96 Å². The van der Waals surface area contributed by atoms with E-state index in [4.69, 9.17) is 4.99 Å². The van der Waals surface area contributed by atoms with Crippen LogP contribution in [0.5, 0.6) is 0 Å². The van der Waals surface area contributed by atoms with Crippen LogP contribution in [0.4, 0.5) is 5.69 Å². The van der Waals surface area contributed by atoms with Crippen LogP contribution in [0.1, 0.15) is 25.7 Å². The molecular weight excluding hydrogens is 278 g/mol. The highest BCUT2D eigenvalue weighted by Crippen LogP contribution is 2.25. The summed E-state index contributed by atoms with van der Waals surface area (Å²) in [4.78, 5) is 4.71. The summed E-state index contributed by atoms with van der Waals surface area (Å²) in [6.45, 7) is 0. The molecule has 0 unspecified atom stereocenters. The summed E-state index contributed by atoms with van der Waals surface area (Å²) in [6, 6.07) is 9.21. The normalized spacial score (nSPS) is 27.0. The van der Waals surface area contributed by atoms with Crippen molar-refractivity contribution in [2.45, 2.75) is 37.8 Å². The van der Waals surface area contributed by atoms with Crippen LogP contribution in [-0.2, 0) is 0 Å². The predicted octanol–water partition coefficient (Wildman–Crippen LogP) is 3.13. The maximum absolute atomic E-state index is 4.71. The van der Waals surface area contributed by atoms with Gasteiger partial charge in [0.1, 0.15) is 0 Å². The van der Waals surface area contributed by atoms with E-state index in [1.165, 1.54) is 25.7 Å². The SMILES string of the molecule is Brc1ccc(NC2=N[C@@H]3CCCC[C@H]3N2)cc1. The summed E-state index contributed by atoms with van der Waals surface area (Å²) >= 11 is 3.43. The van der Waals surface area contributed by atoms with Gasteiger partial charge in [-0.2, -0.15) is 0 Å². The smallest absolute Gasteiger partial charge is 0.196 e. The first-order chi connectivity index (χ1) is 8.31. The molecule has 0 spiro atoms. The number of rotatable bonds is 1. The van der Waals surface area contributed by atoms with Crippen LogP contribution in [0.2, 0.25) is 0 Å². The number of halogens is 1. The minimum absolute atomic E-state index is 0.488. The zero-order valence-corrected chi connectivity index (χ0v) is 11.2. The van der Waals surface area contributed by atoms with E-state index in [9.17, 15) is 0 Å². The van der Waals surface area contributed by atoms with Crippen LogP contribution < -0.4 is 10.6 Å². The van der Waals surface area contributed by atoms with Crippen molar-refractivity contribution >= 4 is 27.6 Å². The van der Waals surface area contributed by atoms with Crippen molar-refractivity contribution in [2.24, 2.45) is 4.99 Å². The molecule has 3 rings (SSSR count). The molecule has 3 nitrogen and oxygen atoms in total. The maximum Gasteiger partial charge on any atom is 0.196 e. The predicted molar refractivity (Wildman–Crippen MR) is 74.4 cm³/mol. The van der Waals surface area contributed by atoms with Gasteiger partial charge in [0.25, 0.3) is 0 Å². The molecule has 4 heteroatoms. The first kappa shape index (κ1) is 11.1. The number of benzene rings is 1. The van der Waals surface area contributed by atoms with Crippen molar-refractivity contribution in [1.82, 2.24) is 5.32 Å². The number of aliphatic imine (C=N–C) groups is 1. The number of guanidine groups is 1. The van der Waals surface area contributed by atoms with E-state index in [1.807, 2.05) is 12.1 Å². The summed E-state index contributed by atoms with van der Waals surface area (Å²) in [6.07, 6.45) is 5.12. The van der Waals surface area contributed by atoms with Gasteiger partial charge in [-0.3, -0.25) is 0 Å². The summed E-state index contributed by atoms with van der Waals surface area (Å²) in [5.41, 5.74) is 1.08. The second kappa shape index (κ2) is 4.69. The Morgan fingerprint density at radius 2 is 1.94 bits per heavy atom. The summed E-state index contributed by atoms with van der Waals surface area (Å²) in [7, 11) is 0. The second-order valence-electron chi connectivity index (χ2n) is 4.71. The zero-order chi connectivity index (χ0) is 11.7. The third kappa shape index (κ3) is 2.46. The fourth-order valence-electron chi connectivity index (χ4n) is 2.55. The average Bonchev–Trinajstić information content (AvgIpc) is 2.74. The second-order valence-corrected chi connectivity index (χ2v) is 5.63. The van der Waals surface area contributed by atoms with Gasteiger partial charge in [0.05, 0.1) is 12.1 Å². The van der Waals surface area contributed by atoms with Gasteiger partial charge in [-0.05, 0) is 37.1 Å². The third-order valence-electron chi connectivity index (χ3n) is 3.45. The summed E-state index contributed by atoms with van der Waals surface area (Å²) in [5, 5.41) is 6.83. The Labute approximate surface area is 110 Å². The highest BCUT2D eigenvalue weighted by Gasteiger charge is 2.30. The van der Waals surface area contributed by atoms with E-state index in [2.05, 4.69) is 38.7 Å². The number of hydrogen-bond donors (Lipinski definition) is 2. The van der Waals surface area contributed by atoms with Gasteiger partial charge < -0.3 is 10.6 Å². The van der Waals surface area contributed by atoms with Gasteiger partial charge in [-0.25, -0.2) is 4.99 Å². The molecule has 1 aromatic rings. The third-order valence-corrected chi connectivity index (χ3v) is 3.98. The first-order valence-electron chi connectivity index (χ1n) is 6.18. The van der Waals surface area contributed by atoms with Crippen LogP contribution in [-0.4, -0.2) is 18.0 Å². The molecule has 0 bridgehead atoms. The lowest BCUT2D eigenvalue weighted by Crippen LogP contribution is -2.38. The molecule has 2 N–H and O–H groups in total. The lowest BCUT2D eigenvalue weighted by Gasteiger charge is -2.23. The number of nitrogens with one attached hydrogen (secondary N) is 2. The lowest BCUT2D eigenvalue weighted by molar-refractivity contribution is 0.384. The minimum Gasteiger partial charge on any atom is -0.351 e. The van der Waals surface area contributed by atoms with Gasteiger partial charge in [-0.1, -0.05) is 28.8 Å². The van der Waals surface area contributed by atoms with Crippen molar-refractivity contribution in [1.29, 1.82) is 0 Å². The molecule has 1 fully saturated rings. The molecule has 1 aromatic carbocycles. The Hall–Kier alpha value is -1.03. The van der Waals surface area contributed by atoms with Crippen LogP contribution in [0.25, 0.3) is 0 Å². The molecule has 2 aliphatic rings. The van der Waals surface area contributed by atoms with E-state index in [0.717, 1.165) is 16.1 Å².